The highest BCUT2D eigenvalue weighted by atomic mass is 32.1. The zero-order valence-corrected chi connectivity index (χ0v) is 14.3. The fourth-order valence-electron chi connectivity index (χ4n) is 3.07. The van der Waals surface area contributed by atoms with E-state index in [0.717, 1.165) is 49.6 Å². The Morgan fingerprint density at radius 2 is 2.17 bits per heavy atom. The monoisotopic (exact) mass is 329 g/mol. The molecule has 1 aliphatic rings. The normalized spacial score (nSPS) is 15.8. The van der Waals surface area contributed by atoms with Crippen LogP contribution in [0.15, 0.2) is 29.6 Å². The van der Waals surface area contributed by atoms with Crippen LogP contribution in [0.3, 0.4) is 0 Å². The Bertz CT molecular complexity index is 674. The minimum Gasteiger partial charge on any atom is -0.369 e. The van der Waals surface area contributed by atoms with Crippen LogP contribution >= 0.6 is 11.3 Å². The van der Waals surface area contributed by atoms with Gasteiger partial charge in [-0.1, -0.05) is 31.5 Å². The molecular weight excluding hydrogens is 306 g/mol. The maximum Gasteiger partial charge on any atom is 0.220 e. The molecule has 1 saturated heterocycles. The number of piperidine rings is 1. The van der Waals surface area contributed by atoms with Crippen LogP contribution in [0.2, 0.25) is 0 Å². The molecule has 0 bridgehead atoms. The Kier molecular flexibility index (Phi) is 4.96. The molecule has 23 heavy (non-hydrogen) atoms. The van der Waals surface area contributed by atoms with Gasteiger partial charge in [-0.05, 0) is 30.9 Å². The zero-order valence-electron chi connectivity index (χ0n) is 13.5. The summed E-state index contributed by atoms with van der Waals surface area (Å²) in [5.41, 5.74) is 8.99. The van der Waals surface area contributed by atoms with E-state index in [9.17, 15) is 4.79 Å². The number of hydrogen-bond acceptors (Lipinski definition) is 4. The molecule has 2 heterocycles. The van der Waals surface area contributed by atoms with Crippen molar-refractivity contribution in [2.24, 2.45) is 11.7 Å². The number of nitrogens with zero attached hydrogens (tertiary/aromatic N) is 2. The lowest BCUT2D eigenvalue weighted by Crippen LogP contribution is -2.38. The predicted molar refractivity (Wildman–Crippen MR) is 95.7 cm³/mol. The number of anilines is 1. The number of benzene rings is 1. The Labute approximate surface area is 141 Å². The van der Waals surface area contributed by atoms with E-state index < -0.39 is 0 Å². The van der Waals surface area contributed by atoms with Gasteiger partial charge in [0, 0.05) is 30.0 Å². The number of amides is 1. The number of thiazole rings is 1. The van der Waals surface area contributed by atoms with E-state index >= 15 is 0 Å². The van der Waals surface area contributed by atoms with Crippen LogP contribution in [-0.4, -0.2) is 24.0 Å². The highest BCUT2D eigenvalue weighted by molar-refractivity contribution is 7.14. The van der Waals surface area contributed by atoms with E-state index in [2.05, 4.69) is 41.5 Å². The number of carbonyl (C=O) groups is 1. The Morgan fingerprint density at radius 1 is 1.39 bits per heavy atom. The number of aromatic nitrogens is 1. The minimum atomic E-state index is -0.169. The van der Waals surface area contributed by atoms with Gasteiger partial charge in [-0.2, -0.15) is 0 Å². The van der Waals surface area contributed by atoms with Crippen LogP contribution in [0, 0.1) is 5.92 Å². The summed E-state index contributed by atoms with van der Waals surface area (Å²) >= 11 is 1.68. The molecule has 1 aromatic carbocycles. The van der Waals surface area contributed by atoms with Gasteiger partial charge in [0.05, 0.1) is 5.69 Å². The third-order valence-corrected chi connectivity index (χ3v) is 5.32. The lowest BCUT2D eigenvalue weighted by atomic mass is 9.97. The molecule has 1 amide bonds. The van der Waals surface area contributed by atoms with Crippen LogP contribution in [0.5, 0.6) is 0 Å². The molecule has 0 unspecified atom stereocenters. The van der Waals surface area contributed by atoms with Crippen LogP contribution in [0.25, 0.3) is 11.3 Å². The second-order valence-electron chi connectivity index (χ2n) is 6.13. The Morgan fingerprint density at radius 3 is 2.87 bits per heavy atom. The second-order valence-corrected chi connectivity index (χ2v) is 6.97. The summed E-state index contributed by atoms with van der Waals surface area (Å²) in [6.07, 6.45) is 3.92. The molecule has 5 heteroatoms. The summed E-state index contributed by atoms with van der Waals surface area (Å²) in [5, 5.41) is 3.17. The van der Waals surface area contributed by atoms with Crippen molar-refractivity contribution in [2.45, 2.75) is 32.6 Å². The lowest BCUT2D eigenvalue weighted by Gasteiger charge is -2.30. The number of aryl methyl sites for hydroxylation is 1. The van der Waals surface area contributed by atoms with Gasteiger partial charge in [-0.3, -0.25) is 4.79 Å². The van der Waals surface area contributed by atoms with Gasteiger partial charge in [0.2, 0.25) is 5.91 Å². The summed E-state index contributed by atoms with van der Waals surface area (Å²) < 4.78 is 0. The molecule has 3 rings (SSSR count). The molecule has 122 valence electrons. The standard InChI is InChI=1S/C18H23N3OS/c1-2-4-13-5-3-6-15(11-13)16-12-23-18(20-16)21-9-7-14(8-10-21)17(19)22/h3,5-6,11-12,14H,2,4,7-10H2,1H3,(H2,19,22). The van der Waals surface area contributed by atoms with Crippen molar-refractivity contribution in [1.29, 1.82) is 0 Å². The van der Waals surface area contributed by atoms with E-state index in [1.54, 1.807) is 11.3 Å². The van der Waals surface area contributed by atoms with Crippen molar-refractivity contribution in [1.82, 2.24) is 4.98 Å². The van der Waals surface area contributed by atoms with E-state index in [1.807, 2.05) is 0 Å². The first-order valence-electron chi connectivity index (χ1n) is 8.26. The minimum absolute atomic E-state index is 0.0245. The van der Waals surface area contributed by atoms with Crippen LogP contribution in [0.4, 0.5) is 5.13 Å². The van der Waals surface area contributed by atoms with Crippen molar-refractivity contribution >= 4 is 22.4 Å². The van der Waals surface area contributed by atoms with Gasteiger partial charge in [0.1, 0.15) is 0 Å². The van der Waals surface area contributed by atoms with E-state index in [0.29, 0.717) is 0 Å². The number of carbonyl (C=O) groups excluding carboxylic acids is 1. The fraction of sp³-hybridized carbons (Fsp3) is 0.444. The van der Waals surface area contributed by atoms with Crippen molar-refractivity contribution in [3.8, 4) is 11.3 Å². The molecule has 4 nitrogen and oxygen atoms in total. The molecule has 1 aliphatic heterocycles. The first-order chi connectivity index (χ1) is 11.2. The fourth-order valence-corrected chi connectivity index (χ4v) is 3.96. The van der Waals surface area contributed by atoms with Crippen molar-refractivity contribution in [2.75, 3.05) is 18.0 Å². The summed E-state index contributed by atoms with van der Waals surface area (Å²) in [5.74, 6) is -0.145. The van der Waals surface area contributed by atoms with Gasteiger partial charge in [-0.25, -0.2) is 4.98 Å². The molecule has 0 aliphatic carbocycles. The highest BCUT2D eigenvalue weighted by Gasteiger charge is 2.24. The molecule has 0 radical (unpaired) electrons. The molecule has 0 atom stereocenters. The van der Waals surface area contributed by atoms with Crippen LogP contribution in [0.1, 0.15) is 31.7 Å². The molecule has 2 N–H and O–H groups in total. The van der Waals surface area contributed by atoms with E-state index in [4.69, 9.17) is 10.7 Å². The summed E-state index contributed by atoms with van der Waals surface area (Å²) in [4.78, 5) is 18.3. The molecule has 2 aromatic rings. The summed E-state index contributed by atoms with van der Waals surface area (Å²) in [6.45, 7) is 3.91. The van der Waals surface area contributed by atoms with Crippen molar-refractivity contribution in [3.63, 3.8) is 0 Å². The summed E-state index contributed by atoms with van der Waals surface area (Å²) in [6, 6.07) is 8.64. The first-order valence-corrected chi connectivity index (χ1v) is 9.14. The maximum atomic E-state index is 11.3. The van der Waals surface area contributed by atoms with Crippen molar-refractivity contribution < 1.29 is 4.79 Å². The Balaban J connectivity index is 1.71. The number of rotatable bonds is 5. The lowest BCUT2D eigenvalue weighted by molar-refractivity contribution is -0.122. The van der Waals surface area contributed by atoms with Gasteiger partial charge < -0.3 is 10.6 Å². The smallest absolute Gasteiger partial charge is 0.220 e. The van der Waals surface area contributed by atoms with E-state index in [1.165, 1.54) is 11.1 Å². The van der Waals surface area contributed by atoms with Crippen LogP contribution < -0.4 is 10.6 Å². The number of primary amides is 1. The molecular formula is C18H23N3OS. The van der Waals surface area contributed by atoms with Gasteiger partial charge >= 0.3 is 0 Å². The third-order valence-electron chi connectivity index (χ3n) is 4.42. The van der Waals surface area contributed by atoms with Gasteiger partial charge in [0.25, 0.3) is 0 Å². The SMILES string of the molecule is CCCc1cccc(-c2csc(N3CCC(C(N)=O)CC3)n2)c1. The average molecular weight is 329 g/mol. The summed E-state index contributed by atoms with van der Waals surface area (Å²) in [7, 11) is 0. The largest absolute Gasteiger partial charge is 0.369 e. The molecule has 0 saturated carbocycles. The predicted octanol–water partition coefficient (Wildman–Crippen LogP) is 3.46. The maximum absolute atomic E-state index is 11.3. The van der Waals surface area contributed by atoms with E-state index in [-0.39, 0.29) is 11.8 Å². The molecule has 1 aromatic heterocycles. The van der Waals surface area contributed by atoms with Gasteiger partial charge in [0.15, 0.2) is 5.13 Å². The molecule has 1 fully saturated rings. The van der Waals surface area contributed by atoms with Crippen LogP contribution in [-0.2, 0) is 11.2 Å². The highest BCUT2D eigenvalue weighted by Crippen LogP contribution is 2.30. The number of hydrogen-bond donors (Lipinski definition) is 1. The Hall–Kier alpha value is -1.88. The zero-order chi connectivity index (χ0) is 16.2. The molecule has 0 spiro atoms. The topological polar surface area (TPSA) is 59.2 Å². The van der Waals surface area contributed by atoms with Gasteiger partial charge in [-0.15, -0.1) is 11.3 Å². The average Bonchev–Trinajstić information content (AvgIpc) is 3.05. The first kappa shape index (κ1) is 16.0. The number of nitrogens with two attached hydrogens (primary N) is 1. The third kappa shape index (κ3) is 3.72. The second kappa shape index (κ2) is 7.13. The quantitative estimate of drug-likeness (QED) is 0.914. The van der Waals surface area contributed by atoms with Crippen molar-refractivity contribution in [3.05, 3.63) is 35.2 Å².